The molecule has 9 nitrogen and oxygen atoms in total. The quantitative estimate of drug-likeness (QED) is 0.385. The number of ether oxygens (including phenoxy) is 2. The lowest BCUT2D eigenvalue weighted by Gasteiger charge is -2.13. The van der Waals surface area contributed by atoms with Crippen molar-refractivity contribution in [1.82, 2.24) is 14.0 Å². The number of nitrogen functional groups attached to an aromatic ring is 1. The molecule has 0 spiro atoms. The number of halogens is 2. The van der Waals surface area contributed by atoms with Crippen LogP contribution in [-0.2, 0) is 16.1 Å². The van der Waals surface area contributed by atoms with E-state index in [2.05, 4.69) is 4.99 Å². The molecule has 0 aliphatic heterocycles. The van der Waals surface area contributed by atoms with E-state index in [1.165, 1.54) is 28.5 Å². The van der Waals surface area contributed by atoms with E-state index in [-0.39, 0.29) is 36.1 Å². The second-order valence-electron chi connectivity index (χ2n) is 8.01. The first-order valence-corrected chi connectivity index (χ1v) is 11.0. The molecule has 0 bridgehead atoms. The first-order chi connectivity index (χ1) is 16.1. The number of carbonyl (C=O) groups is 1. The lowest BCUT2D eigenvalue weighted by Crippen LogP contribution is -2.36. The monoisotopic (exact) mass is 491 g/mol. The maximum Gasteiger partial charge on any atom is 0.347 e. The number of nitrogens with zero attached hydrogens (tertiary/aromatic N) is 4. The minimum absolute atomic E-state index is 0.0635. The summed E-state index contributed by atoms with van der Waals surface area (Å²) in [6.45, 7) is 5.38. The molecule has 2 N–H and O–H groups in total. The van der Waals surface area contributed by atoms with Gasteiger partial charge in [0.1, 0.15) is 0 Å². The molecular formula is C23H27ClFN5O4. The second-order valence-corrected chi connectivity index (χ2v) is 8.44. The van der Waals surface area contributed by atoms with Crippen molar-refractivity contribution in [2.24, 2.45) is 4.99 Å². The van der Waals surface area contributed by atoms with Crippen LogP contribution < -0.4 is 21.9 Å². The Morgan fingerprint density at radius 2 is 1.85 bits per heavy atom. The predicted octanol–water partition coefficient (Wildman–Crippen LogP) is 3.15. The number of rotatable bonds is 8. The third-order valence-electron chi connectivity index (χ3n) is 4.97. The molecule has 2 aromatic carbocycles. The van der Waals surface area contributed by atoms with E-state index in [1.54, 1.807) is 51.1 Å². The van der Waals surface area contributed by atoms with Gasteiger partial charge in [-0.15, -0.1) is 0 Å². The van der Waals surface area contributed by atoms with Gasteiger partial charge in [0.05, 0.1) is 37.9 Å². The van der Waals surface area contributed by atoms with Crippen LogP contribution in [0.4, 0.5) is 10.1 Å². The number of benzene rings is 2. The van der Waals surface area contributed by atoms with E-state index in [0.717, 1.165) is 10.4 Å². The van der Waals surface area contributed by atoms with E-state index < -0.39 is 23.5 Å². The molecule has 182 valence electrons. The van der Waals surface area contributed by atoms with Crippen LogP contribution >= 0.6 is 11.6 Å². The van der Waals surface area contributed by atoms with Crippen molar-refractivity contribution in [3.63, 3.8) is 0 Å². The highest BCUT2D eigenvalue weighted by Gasteiger charge is 2.21. The van der Waals surface area contributed by atoms with Crippen molar-refractivity contribution < 1.29 is 18.7 Å². The average Bonchev–Trinajstić information content (AvgIpc) is 3.00. The summed E-state index contributed by atoms with van der Waals surface area (Å²) in [6.07, 6.45) is -0.271. The van der Waals surface area contributed by atoms with Gasteiger partial charge in [-0.2, -0.15) is 4.79 Å². The van der Waals surface area contributed by atoms with Crippen LogP contribution in [0, 0.1) is 5.82 Å². The minimum atomic E-state index is -0.621. The SMILES string of the molecule is COC(=O)C[C@H](C)n1c(=O)n(Cc2ccc(Cl)cc2)c(=Nc2ccc(OC(C)C)c(F)c2)n1N. The van der Waals surface area contributed by atoms with Gasteiger partial charge in [-0.3, -0.25) is 9.36 Å². The fraction of sp³-hybridized carbons (Fsp3) is 0.348. The number of esters is 1. The molecule has 11 heteroatoms. The van der Waals surface area contributed by atoms with Gasteiger partial charge in [-0.25, -0.2) is 18.9 Å². The molecule has 0 saturated heterocycles. The van der Waals surface area contributed by atoms with Crippen molar-refractivity contribution in [1.29, 1.82) is 0 Å². The highest BCUT2D eigenvalue weighted by Crippen LogP contribution is 2.23. The summed E-state index contributed by atoms with van der Waals surface area (Å²) in [6, 6.07) is 10.6. The predicted molar refractivity (Wildman–Crippen MR) is 126 cm³/mol. The third kappa shape index (κ3) is 5.69. The summed E-state index contributed by atoms with van der Waals surface area (Å²) in [5, 5.41) is 0.554. The fourth-order valence-corrected chi connectivity index (χ4v) is 3.51. The lowest BCUT2D eigenvalue weighted by atomic mass is 10.2. The van der Waals surface area contributed by atoms with Gasteiger partial charge in [-0.05, 0) is 50.6 Å². The summed E-state index contributed by atoms with van der Waals surface area (Å²) in [5.74, 6) is 5.26. The molecular weight excluding hydrogens is 465 g/mol. The molecule has 1 atom stereocenters. The molecule has 0 saturated carbocycles. The summed E-state index contributed by atoms with van der Waals surface area (Å²) < 4.78 is 27.2. The Kier molecular flexibility index (Phi) is 7.83. The number of carbonyl (C=O) groups excluding carboxylic acids is 1. The zero-order chi connectivity index (χ0) is 25.0. The van der Waals surface area contributed by atoms with Crippen LogP contribution in [-0.4, -0.2) is 33.2 Å². The van der Waals surface area contributed by atoms with E-state index in [9.17, 15) is 14.0 Å². The van der Waals surface area contributed by atoms with Crippen molar-refractivity contribution in [3.8, 4) is 5.75 Å². The van der Waals surface area contributed by atoms with Crippen LogP contribution in [0.2, 0.25) is 5.02 Å². The molecule has 0 amide bonds. The van der Waals surface area contributed by atoms with Crippen molar-refractivity contribution in [2.45, 2.75) is 45.9 Å². The summed E-state index contributed by atoms with van der Waals surface area (Å²) >= 11 is 5.97. The Balaban J connectivity index is 2.14. The van der Waals surface area contributed by atoms with Crippen LogP contribution in [0.5, 0.6) is 5.75 Å². The maximum atomic E-state index is 14.5. The van der Waals surface area contributed by atoms with E-state index in [4.69, 9.17) is 26.9 Å². The Labute approximate surface area is 200 Å². The van der Waals surface area contributed by atoms with Gasteiger partial charge in [0.15, 0.2) is 11.6 Å². The summed E-state index contributed by atoms with van der Waals surface area (Å²) in [7, 11) is 1.27. The molecule has 0 fully saturated rings. The highest BCUT2D eigenvalue weighted by atomic mass is 35.5. The average molecular weight is 492 g/mol. The Morgan fingerprint density at radius 1 is 1.18 bits per heavy atom. The van der Waals surface area contributed by atoms with Crippen LogP contribution in [0.3, 0.4) is 0 Å². The minimum Gasteiger partial charge on any atom is -0.488 e. The topological polar surface area (TPSA) is 106 Å². The van der Waals surface area contributed by atoms with Crippen molar-refractivity contribution in [2.75, 3.05) is 13.0 Å². The molecule has 34 heavy (non-hydrogen) atoms. The van der Waals surface area contributed by atoms with Gasteiger partial charge in [0.2, 0.25) is 5.62 Å². The molecule has 1 aromatic heterocycles. The van der Waals surface area contributed by atoms with Crippen LogP contribution in [0.1, 0.15) is 38.8 Å². The van der Waals surface area contributed by atoms with Gasteiger partial charge in [0, 0.05) is 11.1 Å². The molecule has 0 aliphatic rings. The normalized spacial score (nSPS) is 12.7. The fourth-order valence-electron chi connectivity index (χ4n) is 3.38. The van der Waals surface area contributed by atoms with Gasteiger partial charge in [0.25, 0.3) is 0 Å². The first kappa shape index (κ1) is 25.1. The molecule has 1 heterocycles. The standard InChI is InChI=1S/C23H27ClFN5O4/c1-14(2)34-20-10-9-18(12-19(20)25)27-22-28(13-16-5-7-17(24)8-6-16)23(32)29(30(22)26)15(3)11-21(31)33-4/h5-10,12,14-15H,11,13,26H2,1-4H3/t15-/m0/s1. The molecule has 0 aliphatic carbocycles. The molecule has 3 rings (SSSR count). The third-order valence-corrected chi connectivity index (χ3v) is 5.23. The second kappa shape index (κ2) is 10.6. The Bertz CT molecular complexity index is 1290. The lowest BCUT2D eigenvalue weighted by molar-refractivity contribution is -0.141. The van der Waals surface area contributed by atoms with Crippen molar-refractivity contribution in [3.05, 3.63) is 75.0 Å². The summed E-state index contributed by atoms with van der Waals surface area (Å²) in [5.41, 5.74) is 0.574. The van der Waals surface area contributed by atoms with Crippen molar-refractivity contribution >= 4 is 23.3 Å². The Morgan fingerprint density at radius 3 is 2.44 bits per heavy atom. The smallest absolute Gasteiger partial charge is 0.347 e. The summed E-state index contributed by atoms with van der Waals surface area (Å²) in [4.78, 5) is 30.6. The zero-order valence-electron chi connectivity index (χ0n) is 19.4. The Hall–Kier alpha value is -3.53. The molecule has 0 unspecified atom stereocenters. The molecule has 3 aromatic rings. The van der Waals surface area contributed by atoms with E-state index >= 15 is 0 Å². The number of nitrogens with two attached hydrogens (primary N) is 1. The van der Waals surface area contributed by atoms with E-state index in [1.807, 2.05) is 0 Å². The van der Waals surface area contributed by atoms with Crippen LogP contribution in [0.25, 0.3) is 0 Å². The highest BCUT2D eigenvalue weighted by molar-refractivity contribution is 6.30. The maximum absolute atomic E-state index is 14.5. The van der Waals surface area contributed by atoms with Crippen LogP contribution in [0.15, 0.2) is 52.3 Å². The first-order valence-electron chi connectivity index (χ1n) is 10.6. The van der Waals surface area contributed by atoms with Gasteiger partial charge in [-0.1, -0.05) is 23.7 Å². The number of hydrogen-bond donors (Lipinski definition) is 1. The van der Waals surface area contributed by atoms with Gasteiger partial charge >= 0.3 is 11.7 Å². The largest absolute Gasteiger partial charge is 0.488 e. The molecule has 0 radical (unpaired) electrons. The zero-order valence-corrected chi connectivity index (χ0v) is 20.1. The number of methoxy groups -OCH3 is 1. The van der Waals surface area contributed by atoms with Gasteiger partial charge < -0.3 is 15.3 Å². The van der Waals surface area contributed by atoms with E-state index in [0.29, 0.717) is 5.02 Å². The number of hydrogen-bond acceptors (Lipinski definition) is 6. The number of aromatic nitrogens is 3.